The minimum atomic E-state index is -3.34. The molecule has 2 rings (SSSR count). The van der Waals surface area contributed by atoms with Gasteiger partial charge < -0.3 is 5.73 Å². The summed E-state index contributed by atoms with van der Waals surface area (Å²) in [6.45, 7) is 3.63. The first kappa shape index (κ1) is 12.5. The molecule has 17 heavy (non-hydrogen) atoms. The van der Waals surface area contributed by atoms with Crippen molar-refractivity contribution in [3.05, 3.63) is 30.3 Å². The summed E-state index contributed by atoms with van der Waals surface area (Å²) in [6, 6.07) is 8.56. The molecule has 1 fully saturated rings. The zero-order valence-electron chi connectivity index (χ0n) is 9.96. The van der Waals surface area contributed by atoms with Gasteiger partial charge in [0.1, 0.15) is 0 Å². The number of hydrogen-bond acceptors (Lipinski definition) is 3. The molecule has 0 aliphatic carbocycles. The molecular formula is C12H18N2O2S. The van der Waals surface area contributed by atoms with Crippen LogP contribution in [0.2, 0.25) is 0 Å². The van der Waals surface area contributed by atoms with Gasteiger partial charge in [0, 0.05) is 13.1 Å². The van der Waals surface area contributed by atoms with Gasteiger partial charge in [-0.1, -0.05) is 25.1 Å². The highest BCUT2D eigenvalue weighted by atomic mass is 32.2. The van der Waals surface area contributed by atoms with E-state index in [0.717, 1.165) is 6.42 Å². The van der Waals surface area contributed by atoms with E-state index in [1.54, 1.807) is 24.3 Å². The molecule has 1 unspecified atom stereocenters. The number of rotatable bonds is 3. The van der Waals surface area contributed by atoms with Crippen molar-refractivity contribution >= 4 is 10.0 Å². The second-order valence-corrected chi connectivity index (χ2v) is 6.85. The zero-order valence-corrected chi connectivity index (χ0v) is 10.8. The fourth-order valence-electron chi connectivity index (χ4n) is 2.09. The summed E-state index contributed by atoms with van der Waals surface area (Å²) in [5.41, 5.74) is 5.61. The Balaban J connectivity index is 2.25. The standard InChI is InChI=1S/C12H18N2O2S/c1-12(9-13)7-8-14(10-12)17(15,16)11-5-3-2-4-6-11/h2-6H,7-10,13H2,1H3. The fraction of sp³-hybridized carbons (Fsp3) is 0.500. The van der Waals surface area contributed by atoms with Gasteiger partial charge in [0.15, 0.2) is 0 Å². The van der Waals surface area contributed by atoms with Gasteiger partial charge in [0.2, 0.25) is 10.0 Å². The fourth-order valence-corrected chi connectivity index (χ4v) is 3.70. The number of benzene rings is 1. The van der Waals surface area contributed by atoms with E-state index in [9.17, 15) is 8.42 Å². The predicted octanol–water partition coefficient (Wildman–Crippen LogP) is 1.05. The van der Waals surface area contributed by atoms with Crippen LogP contribution >= 0.6 is 0 Å². The van der Waals surface area contributed by atoms with Gasteiger partial charge in [-0.3, -0.25) is 0 Å². The minimum absolute atomic E-state index is 0.0815. The Morgan fingerprint density at radius 3 is 2.53 bits per heavy atom. The van der Waals surface area contributed by atoms with Crippen molar-refractivity contribution in [3.63, 3.8) is 0 Å². The topological polar surface area (TPSA) is 63.4 Å². The maximum Gasteiger partial charge on any atom is 0.243 e. The number of nitrogens with zero attached hydrogens (tertiary/aromatic N) is 1. The molecule has 94 valence electrons. The predicted molar refractivity (Wildman–Crippen MR) is 67.0 cm³/mol. The van der Waals surface area contributed by atoms with E-state index in [0.29, 0.717) is 24.5 Å². The summed E-state index contributed by atoms with van der Waals surface area (Å²) in [6.07, 6.45) is 0.829. The molecule has 0 bridgehead atoms. The highest BCUT2D eigenvalue weighted by Gasteiger charge is 2.38. The van der Waals surface area contributed by atoms with Crippen LogP contribution in [0.25, 0.3) is 0 Å². The molecule has 1 saturated heterocycles. The second kappa shape index (κ2) is 4.40. The van der Waals surface area contributed by atoms with E-state index < -0.39 is 10.0 Å². The molecular weight excluding hydrogens is 236 g/mol. The van der Waals surface area contributed by atoms with Crippen molar-refractivity contribution in [2.24, 2.45) is 11.1 Å². The van der Waals surface area contributed by atoms with Crippen LogP contribution < -0.4 is 5.73 Å². The Morgan fingerprint density at radius 2 is 2.00 bits per heavy atom. The molecule has 0 radical (unpaired) electrons. The Morgan fingerprint density at radius 1 is 1.35 bits per heavy atom. The lowest BCUT2D eigenvalue weighted by atomic mass is 9.90. The van der Waals surface area contributed by atoms with Crippen LogP contribution in [-0.2, 0) is 10.0 Å². The highest BCUT2D eigenvalue weighted by Crippen LogP contribution is 2.32. The third-order valence-electron chi connectivity index (χ3n) is 3.40. The van der Waals surface area contributed by atoms with Gasteiger partial charge in [0.05, 0.1) is 4.90 Å². The van der Waals surface area contributed by atoms with Gasteiger partial charge in [-0.2, -0.15) is 4.31 Å². The first-order valence-corrected chi connectivity index (χ1v) is 7.17. The zero-order chi connectivity index (χ0) is 12.5. The molecule has 1 aliphatic rings. The lowest BCUT2D eigenvalue weighted by Crippen LogP contribution is -2.34. The van der Waals surface area contributed by atoms with E-state index in [1.807, 2.05) is 13.0 Å². The smallest absolute Gasteiger partial charge is 0.243 e. The van der Waals surface area contributed by atoms with Crippen LogP contribution in [0.5, 0.6) is 0 Å². The van der Waals surface area contributed by atoms with Crippen molar-refractivity contribution in [3.8, 4) is 0 Å². The van der Waals surface area contributed by atoms with Crippen molar-refractivity contribution in [2.75, 3.05) is 19.6 Å². The van der Waals surface area contributed by atoms with Crippen LogP contribution in [0.3, 0.4) is 0 Å². The van der Waals surface area contributed by atoms with Gasteiger partial charge >= 0.3 is 0 Å². The number of sulfonamides is 1. The molecule has 0 aromatic heterocycles. The third-order valence-corrected chi connectivity index (χ3v) is 5.26. The maximum absolute atomic E-state index is 12.3. The summed E-state index contributed by atoms with van der Waals surface area (Å²) < 4.78 is 26.2. The van der Waals surface area contributed by atoms with Gasteiger partial charge in [0.25, 0.3) is 0 Å². The molecule has 0 spiro atoms. The molecule has 1 atom stereocenters. The van der Waals surface area contributed by atoms with E-state index in [2.05, 4.69) is 0 Å². The van der Waals surface area contributed by atoms with Crippen LogP contribution in [0.4, 0.5) is 0 Å². The average molecular weight is 254 g/mol. The summed E-state index contributed by atoms with van der Waals surface area (Å²) in [5.74, 6) is 0. The van der Waals surface area contributed by atoms with Gasteiger partial charge in [-0.05, 0) is 30.5 Å². The number of nitrogens with two attached hydrogens (primary N) is 1. The third kappa shape index (κ3) is 2.36. The van der Waals surface area contributed by atoms with Crippen molar-refractivity contribution < 1.29 is 8.42 Å². The quantitative estimate of drug-likeness (QED) is 0.877. The molecule has 0 saturated carbocycles. The van der Waals surface area contributed by atoms with Gasteiger partial charge in [-0.25, -0.2) is 8.42 Å². The SMILES string of the molecule is CC1(CN)CCN(S(=O)(=O)c2ccccc2)C1. The summed E-state index contributed by atoms with van der Waals surface area (Å²) in [4.78, 5) is 0.362. The Hall–Kier alpha value is -0.910. The second-order valence-electron chi connectivity index (χ2n) is 4.92. The van der Waals surface area contributed by atoms with Crippen LogP contribution in [0.15, 0.2) is 35.2 Å². The first-order chi connectivity index (χ1) is 7.98. The molecule has 4 nitrogen and oxygen atoms in total. The molecule has 1 aromatic rings. The summed E-state index contributed by atoms with van der Waals surface area (Å²) >= 11 is 0. The Labute approximate surface area is 102 Å². The van der Waals surface area contributed by atoms with Crippen molar-refractivity contribution in [2.45, 2.75) is 18.2 Å². The van der Waals surface area contributed by atoms with E-state index in [1.165, 1.54) is 4.31 Å². The monoisotopic (exact) mass is 254 g/mol. The molecule has 1 heterocycles. The Bertz CT molecular complexity index is 486. The minimum Gasteiger partial charge on any atom is -0.330 e. The van der Waals surface area contributed by atoms with E-state index >= 15 is 0 Å². The summed E-state index contributed by atoms with van der Waals surface area (Å²) in [7, 11) is -3.34. The number of hydrogen-bond donors (Lipinski definition) is 1. The highest BCUT2D eigenvalue weighted by molar-refractivity contribution is 7.89. The summed E-state index contributed by atoms with van der Waals surface area (Å²) in [5, 5.41) is 0. The van der Waals surface area contributed by atoms with Crippen molar-refractivity contribution in [1.82, 2.24) is 4.31 Å². The molecule has 0 amide bonds. The van der Waals surface area contributed by atoms with E-state index in [-0.39, 0.29) is 5.41 Å². The Kier molecular flexibility index (Phi) is 3.25. The van der Waals surface area contributed by atoms with Gasteiger partial charge in [-0.15, -0.1) is 0 Å². The average Bonchev–Trinajstić information content (AvgIpc) is 2.75. The maximum atomic E-state index is 12.3. The molecule has 1 aromatic carbocycles. The molecule has 1 aliphatic heterocycles. The lowest BCUT2D eigenvalue weighted by molar-refractivity contribution is 0.349. The van der Waals surface area contributed by atoms with Crippen LogP contribution in [-0.4, -0.2) is 32.4 Å². The van der Waals surface area contributed by atoms with Crippen LogP contribution in [0, 0.1) is 5.41 Å². The molecule has 5 heteroatoms. The van der Waals surface area contributed by atoms with E-state index in [4.69, 9.17) is 5.73 Å². The van der Waals surface area contributed by atoms with Crippen molar-refractivity contribution in [1.29, 1.82) is 0 Å². The normalized spacial score (nSPS) is 26.2. The first-order valence-electron chi connectivity index (χ1n) is 5.73. The lowest BCUT2D eigenvalue weighted by Gasteiger charge is -2.22. The molecule has 2 N–H and O–H groups in total. The van der Waals surface area contributed by atoms with Crippen LogP contribution in [0.1, 0.15) is 13.3 Å². The largest absolute Gasteiger partial charge is 0.330 e.